The van der Waals surface area contributed by atoms with E-state index < -0.39 is 17.9 Å². The summed E-state index contributed by atoms with van der Waals surface area (Å²) in [6.07, 6.45) is 3.61. The van der Waals surface area contributed by atoms with E-state index in [4.69, 9.17) is 5.73 Å². The minimum Gasteiger partial charge on any atom is -0.511 e. The number of aliphatic hydroxyl groups is 1. The van der Waals surface area contributed by atoms with Crippen LogP contribution in [0, 0.1) is 0 Å². The van der Waals surface area contributed by atoms with Gasteiger partial charge in [0.2, 0.25) is 0 Å². The molecule has 3 aromatic rings. The van der Waals surface area contributed by atoms with Gasteiger partial charge in [0.15, 0.2) is 0 Å². The van der Waals surface area contributed by atoms with E-state index in [-0.39, 0.29) is 17.8 Å². The Balaban J connectivity index is 1.78. The van der Waals surface area contributed by atoms with Gasteiger partial charge in [-0.2, -0.15) is 5.10 Å². The summed E-state index contributed by atoms with van der Waals surface area (Å²) in [6, 6.07) is 18.0. The fourth-order valence-corrected chi connectivity index (χ4v) is 3.44. The van der Waals surface area contributed by atoms with Crippen LogP contribution in [-0.2, 0) is 9.59 Å². The average Bonchev–Trinajstić information content (AvgIpc) is 3.23. The van der Waals surface area contributed by atoms with E-state index >= 15 is 0 Å². The third-order valence-electron chi connectivity index (χ3n) is 4.75. The van der Waals surface area contributed by atoms with Gasteiger partial charge < -0.3 is 15.7 Å². The van der Waals surface area contributed by atoms with Gasteiger partial charge in [-0.05, 0) is 35.9 Å². The summed E-state index contributed by atoms with van der Waals surface area (Å²) in [5.74, 6) is -1.83. The molecule has 1 unspecified atom stereocenters. The third-order valence-corrected chi connectivity index (χ3v) is 4.75. The number of amides is 2. The second-order valence-electron chi connectivity index (χ2n) is 6.46. The summed E-state index contributed by atoms with van der Waals surface area (Å²) >= 11 is 0. The van der Waals surface area contributed by atoms with Gasteiger partial charge in [0.25, 0.3) is 11.8 Å². The Bertz CT molecular complexity index is 1040. The molecule has 1 aliphatic heterocycles. The lowest BCUT2D eigenvalue weighted by Crippen LogP contribution is -2.43. The number of benzene rings is 2. The van der Waals surface area contributed by atoms with E-state index in [9.17, 15) is 14.7 Å². The van der Waals surface area contributed by atoms with E-state index in [2.05, 4.69) is 5.10 Å². The number of carbonyl (C=O) groups excluding carboxylic acids is 2. The largest absolute Gasteiger partial charge is 0.511 e. The minimum absolute atomic E-state index is 0.106. The van der Waals surface area contributed by atoms with Crippen LogP contribution in [0.5, 0.6) is 0 Å². The maximum Gasteiger partial charge on any atom is 0.267 e. The molecule has 2 aromatic carbocycles. The van der Waals surface area contributed by atoms with Crippen LogP contribution in [0.3, 0.4) is 0 Å². The van der Waals surface area contributed by atoms with Crippen molar-refractivity contribution in [3.8, 4) is 5.69 Å². The molecule has 0 radical (unpaired) electrons. The van der Waals surface area contributed by atoms with Gasteiger partial charge in [0.1, 0.15) is 11.3 Å². The molecule has 1 aromatic heterocycles. The highest BCUT2D eigenvalue weighted by atomic mass is 16.3. The number of hydrogen-bond donors (Lipinski definition) is 2. The Labute approximate surface area is 161 Å². The molecule has 0 bridgehead atoms. The maximum atomic E-state index is 13.1. The summed E-state index contributed by atoms with van der Waals surface area (Å²) in [5.41, 5.74) is 7.26. The smallest absolute Gasteiger partial charge is 0.267 e. The Kier molecular flexibility index (Phi) is 4.41. The van der Waals surface area contributed by atoms with Crippen molar-refractivity contribution >= 4 is 17.5 Å². The van der Waals surface area contributed by atoms with Crippen molar-refractivity contribution in [2.45, 2.75) is 12.5 Å². The molecule has 2 amide bonds. The summed E-state index contributed by atoms with van der Waals surface area (Å²) in [4.78, 5) is 26.3. The van der Waals surface area contributed by atoms with E-state index in [1.54, 1.807) is 23.0 Å². The van der Waals surface area contributed by atoms with Crippen LogP contribution in [0.1, 0.15) is 18.0 Å². The molecular formula is C21H18N4O3. The molecule has 1 atom stereocenters. The summed E-state index contributed by atoms with van der Waals surface area (Å²) in [6.45, 7) is 0. The van der Waals surface area contributed by atoms with Gasteiger partial charge in [-0.15, -0.1) is 0 Å². The number of hydrogen-bond acceptors (Lipinski definition) is 4. The zero-order valence-corrected chi connectivity index (χ0v) is 14.9. The van der Waals surface area contributed by atoms with E-state index in [1.165, 1.54) is 4.90 Å². The first-order chi connectivity index (χ1) is 13.6. The lowest BCUT2D eigenvalue weighted by molar-refractivity contribution is -0.121. The van der Waals surface area contributed by atoms with Crippen LogP contribution in [0.15, 0.2) is 84.4 Å². The number of nitrogens with zero attached hydrogens (tertiary/aromatic N) is 3. The van der Waals surface area contributed by atoms with Crippen LogP contribution in [0.25, 0.3) is 5.69 Å². The fourth-order valence-electron chi connectivity index (χ4n) is 3.44. The van der Waals surface area contributed by atoms with Crippen molar-refractivity contribution in [3.05, 3.63) is 90.0 Å². The second kappa shape index (κ2) is 7.03. The van der Waals surface area contributed by atoms with Crippen molar-refractivity contribution in [2.24, 2.45) is 5.73 Å². The Morgan fingerprint density at radius 2 is 1.71 bits per heavy atom. The molecule has 0 aliphatic carbocycles. The van der Waals surface area contributed by atoms with Crippen molar-refractivity contribution in [1.82, 2.24) is 9.78 Å². The van der Waals surface area contributed by atoms with Gasteiger partial charge in [-0.1, -0.05) is 30.3 Å². The SMILES string of the molecule is NC(=O)C1=C(O)CC(c2ccccc2)N(c2ccc(-n3cccn3)cc2)C1=O. The molecule has 140 valence electrons. The normalized spacial score (nSPS) is 17.1. The lowest BCUT2D eigenvalue weighted by Gasteiger charge is -2.36. The van der Waals surface area contributed by atoms with Crippen molar-refractivity contribution in [1.29, 1.82) is 0 Å². The monoisotopic (exact) mass is 374 g/mol. The lowest BCUT2D eigenvalue weighted by atomic mass is 9.93. The van der Waals surface area contributed by atoms with Crippen LogP contribution in [-0.4, -0.2) is 26.7 Å². The predicted octanol–water partition coefficient (Wildman–Crippen LogP) is 2.65. The highest BCUT2D eigenvalue weighted by molar-refractivity contribution is 6.24. The van der Waals surface area contributed by atoms with Gasteiger partial charge in [-0.3, -0.25) is 9.59 Å². The molecule has 2 heterocycles. The van der Waals surface area contributed by atoms with E-state index in [1.807, 2.05) is 54.7 Å². The van der Waals surface area contributed by atoms with Crippen molar-refractivity contribution < 1.29 is 14.7 Å². The molecule has 0 saturated heterocycles. The molecule has 1 aliphatic rings. The summed E-state index contributed by atoms with van der Waals surface area (Å²) < 4.78 is 1.71. The third kappa shape index (κ3) is 3.03. The fraction of sp³-hybridized carbons (Fsp3) is 0.0952. The molecule has 4 rings (SSSR count). The van der Waals surface area contributed by atoms with Crippen LogP contribution >= 0.6 is 0 Å². The topological polar surface area (TPSA) is 101 Å². The van der Waals surface area contributed by atoms with E-state index in [0.717, 1.165) is 11.3 Å². The Hall–Kier alpha value is -3.87. The van der Waals surface area contributed by atoms with Crippen LogP contribution < -0.4 is 10.6 Å². The average molecular weight is 374 g/mol. The van der Waals surface area contributed by atoms with Gasteiger partial charge >= 0.3 is 0 Å². The summed E-state index contributed by atoms with van der Waals surface area (Å²) in [5, 5.41) is 14.5. The number of nitrogens with two attached hydrogens (primary N) is 1. The van der Waals surface area contributed by atoms with Crippen molar-refractivity contribution in [2.75, 3.05) is 4.90 Å². The second-order valence-corrected chi connectivity index (χ2v) is 6.46. The maximum absolute atomic E-state index is 13.1. The molecule has 7 heteroatoms. The standard InChI is InChI=1S/C21H18N4O3/c22-20(27)19-18(26)13-17(14-5-2-1-3-6-14)25(21(19)28)16-9-7-15(8-10-16)24-12-4-11-23-24/h1-12,17,26H,13H2,(H2,22,27). The first-order valence-electron chi connectivity index (χ1n) is 8.77. The van der Waals surface area contributed by atoms with Crippen LogP contribution in [0.2, 0.25) is 0 Å². The number of primary amides is 1. The van der Waals surface area contributed by atoms with Gasteiger partial charge in [0, 0.05) is 24.5 Å². The Morgan fingerprint density at radius 1 is 1.04 bits per heavy atom. The van der Waals surface area contributed by atoms with Gasteiger partial charge in [-0.25, -0.2) is 4.68 Å². The minimum atomic E-state index is -0.938. The molecule has 0 fully saturated rings. The number of anilines is 1. The molecule has 7 nitrogen and oxygen atoms in total. The molecular weight excluding hydrogens is 356 g/mol. The number of aromatic nitrogens is 2. The molecule has 0 saturated carbocycles. The number of rotatable bonds is 4. The summed E-state index contributed by atoms with van der Waals surface area (Å²) in [7, 11) is 0. The quantitative estimate of drug-likeness (QED) is 0.686. The zero-order valence-electron chi connectivity index (χ0n) is 14.9. The van der Waals surface area contributed by atoms with Gasteiger partial charge in [0.05, 0.1) is 11.7 Å². The first-order valence-corrected chi connectivity index (χ1v) is 8.77. The van der Waals surface area contributed by atoms with E-state index in [0.29, 0.717) is 5.69 Å². The predicted molar refractivity (Wildman–Crippen MR) is 104 cm³/mol. The molecule has 28 heavy (non-hydrogen) atoms. The molecule has 3 N–H and O–H groups in total. The Morgan fingerprint density at radius 3 is 2.32 bits per heavy atom. The number of aliphatic hydroxyl groups excluding tert-OH is 1. The highest BCUT2D eigenvalue weighted by Gasteiger charge is 2.38. The van der Waals surface area contributed by atoms with Crippen molar-refractivity contribution in [3.63, 3.8) is 0 Å². The van der Waals surface area contributed by atoms with Crippen LogP contribution in [0.4, 0.5) is 5.69 Å². The first kappa shape index (κ1) is 17.5. The highest BCUT2D eigenvalue weighted by Crippen LogP contribution is 2.37. The number of carbonyl (C=O) groups is 2. The molecule has 0 spiro atoms. The zero-order chi connectivity index (χ0) is 19.7.